The molecule has 1 aromatic rings. The lowest BCUT2D eigenvalue weighted by Crippen LogP contribution is -2.40. The molecule has 17 heavy (non-hydrogen) atoms. The Bertz CT molecular complexity index is 370. The van der Waals surface area contributed by atoms with Gasteiger partial charge in [0.25, 0.3) is 0 Å². The van der Waals surface area contributed by atoms with Gasteiger partial charge in [-0.15, -0.1) is 0 Å². The summed E-state index contributed by atoms with van der Waals surface area (Å²) < 4.78 is 0. The highest BCUT2D eigenvalue weighted by Gasteiger charge is 2.13. The highest BCUT2D eigenvalue weighted by atomic mass is 15.1. The molecule has 0 spiro atoms. The Morgan fingerprint density at radius 3 is 2.71 bits per heavy atom. The van der Waals surface area contributed by atoms with Gasteiger partial charge in [-0.3, -0.25) is 4.90 Å². The fourth-order valence-corrected chi connectivity index (χ4v) is 2.29. The predicted octanol–water partition coefficient (Wildman–Crippen LogP) is 2.21. The molecule has 1 unspecified atom stereocenters. The fourth-order valence-electron chi connectivity index (χ4n) is 2.29. The molecule has 1 heterocycles. The van der Waals surface area contributed by atoms with Crippen LogP contribution >= 0.6 is 0 Å². The van der Waals surface area contributed by atoms with Gasteiger partial charge in [0, 0.05) is 25.7 Å². The van der Waals surface area contributed by atoms with Crippen molar-refractivity contribution in [3.8, 4) is 0 Å². The van der Waals surface area contributed by atoms with Crippen LogP contribution in [0.3, 0.4) is 0 Å². The van der Waals surface area contributed by atoms with E-state index in [2.05, 4.69) is 42.2 Å². The number of rotatable bonds is 4. The van der Waals surface area contributed by atoms with Crippen LogP contribution in [0.5, 0.6) is 0 Å². The molecule has 2 nitrogen and oxygen atoms in total. The average Bonchev–Trinajstić information content (AvgIpc) is 2.33. The van der Waals surface area contributed by atoms with Crippen molar-refractivity contribution in [2.24, 2.45) is 5.73 Å². The fraction of sp³-hybridized carbons (Fsp3) is 0.467. The van der Waals surface area contributed by atoms with Gasteiger partial charge < -0.3 is 5.73 Å². The van der Waals surface area contributed by atoms with Crippen molar-refractivity contribution >= 4 is 0 Å². The SMILES string of the molecule is CC1=CCN(CC(N)Cc2ccccc2)CC1. The molecule has 0 radical (unpaired) electrons. The third-order valence-corrected chi connectivity index (χ3v) is 3.35. The maximum absolute atomic E-state index is 6.21. The lowest BCUT2D eigenvalue weighted by Gasteiger charge is -2.27. The Kier molecular flexibility index (Phi) is 4.35. The Labute approximate surface area is 104 Å². The zero-order valence-corrected chi connectivity index (χ0v) is 10.6. The second-order valence-corrected chi connectivity index (χ2v) is 5.01. The van der Waals surface area contributed by atoms with Crippen LogP contribution in [0, 0.1) is 0 Å². The molecule has 1 aromatic carbocycles. The molecule has 2 rings (SSSR count). The smallest absolute Gasteiger partial charge is 0.0208 e. The van der Waals surface area contributed by atoms with Crippen LogP contribution in [0.4, 0.5) is 0 Å². The normalized spacial score (nSPS) is 18.8. The van der Waals surface area contributed by atoms with Gasteiger partial charge in [-0.05, 0) is 25.3 Å². The topological polar surface area (TPSA) is 29.3 Å². The van der Waals surface area contributed by atoms with Crippen molar-refractivity contribution < 1.29 is 0 Å². The molecule has 0 saturated heterocycles. The predicted molar refractivity (Wildman–Crippen MR) is 72.9 cm³/mol. The van der Waals surface area contributed by atoms with E-state index < -0.39 is 0 Å². The first-order valence-electron chi connectivity index (χ1n) is 6.41. The largest absolute Gasteiger partial charge is 0.326 e. The number of hydrogen-bond acceptors (Lipinski definition) is 2. The van der Waals surface area contributed by atoms with Gasteiger partial charge in [0.05, 0.1) is 0 Å². The molecule has 0 bridgehead atoms. The van der Waals surface area contributed by atoms with E-state index in [0.717, 1.165) is 26.1 Å². The Hall–Kier alpha value is -1.12. The van der Waals surface area contributed by atoms with E-state index in [1.54, 1.807) is 0 Å². The standard InChI is InChI=1S/C15H22N2/c1-13-7-9-17(10-8-13)12-15(16)11-14-5-3-2-4-6-14/h2-7,15H,8-12,16H2,1H3. The van der Waals surface area contributed by atoms with E-state index >= 15 is 0 Å². The van der Waals surface area contributed by atoms with E-state index in [4.69, 9.17) is 5.73 Å². The zero-order valence-electron chi connectivity index (χ0n) is 10.6. The molecular formula is C15H22N2. The van der Waals surface area contributed by atoms with Gasteiger partial charge in [0.1, 0.15) is 0 Å². The average molecular weight is 230 g/mol. The van der Waals surface area contributed by atoms with Gasteiger partial charge in [-0.2, -0.15) is 0 Å². The van der Waals surface area contributed by atoms with E-state index in [0.29, 0.717) is 0 Å². The number of hydrogen-bond donors (Lipinski definition) is 1. The van der Waals surface area contributed by atoms with E-state index in [1.165, 1.54) is 17.6 Å². The third kappa shape index (κ3) is 3.99. The lowest BCUT2D eigenvalue weighted by atomic mass is 10.0. The highest BCUT2D eigenvalue weighted by molar-refractivity contribution is 5.16. The molecule has 1 atom stereocenters. The minimum Gasteiger partial charge on any atom is -0.326 e. The second-order valence-electron chi connectivity index (χ2n) is 5.01. The van der Waals surface area contributed by atoms with E-state index in [1.807, 2.05) is 6.07 Å². The summed E-state index contributed by atoms with van der Waals surface area (Å²) in [6, 6.07) is 10.8. The summed E-state index contributed by atoms with van der Waals surface area (Å²) >= 11 is 0. The molecule has 1 aliphatic heterocycles. The number of nitrogens with zero attached hydrogens (tertiary/aromatic N) is 1. The Morgan fingerprint density at radius 2 is 2.06 bits per heavy atom. The Balaban J connectivity index is 1.80. The molecule has 2 heteroatoms. The summed E-state index contributed by atoms with van der Waals surface area (Å²) in [5.41, 5.74) is 9.06. The second kappa shape index (κ2) is 5.99. The van der Waals surface area contributed by atoms with Crippen molar-refractivity contribution in [2.75, 3.05) is 19.6 Å². The lowest BCUT2D eigenvalue weighted by molar-refractivity contribution is 0.274. The zero-order chi connectivity index (χ0) is 12.1. The summed E-state index contributed by atoms with van der Waals surface area (Å²) in [7, 11) is 0. The maximum Gasteiger partial charge on any atom is 0.0208 e. The monoisotopic (exact) mass is 230 g/mol. The molecule has 0 saturated carbocycles. The number of nitrogens with two attached hydrogens (primary N) is 1. The van der Waals surface area contributed by atoms with Crippen LogP contribution in [-0.4, -0.2) is 30.6 Å². The third-order valence-electron chi connectivity index (χ3n) is 3.35. The molecule has 0 aliphatic carbocycles. The van der Waals surface area contributed by atoms with E-state index in [9.17, 15) is 0 Å². The molecule has 0 aromatic heterocycles. The summed E-state index contributed by atoms with van der Waals surface area (Å²) in [5, 5.41) is 0. The van der Waals surface area contributed by atoms with Crippen LogP contribution < -0.4 is 5.73 Å². The van der Waals surface area contributed by atoms with Crippen LogP contribution in [0.25, 0.3) is 0 Å². The van der Waals surface area contributed by atoms with Crippen molar-refractivity contribution in [1.82, 2.24) is 4.90 Å². The molecule has 92 valence electrons. The minimum atomic E-state index is 0.240. The summed E-state index contributed by atoms with van der Waals surface area (Å²) in [4.78, 5) is 2.45. The van der Waals surface area contributed by atoms with Crippen LogP contribution in [0.1, 0.15) is 18.9 Å². The van der Waals surface area contributed by atoms with Crippen LogP contribution in [-0.2, 0) is 6.42 Å². The molecule has 0 amide bonds. The van der Waals surface area contributed by atoms with Crippen LogP contribution in [0.2, 0.25) is 0 Å². The summed E-state index contributed by atoms with van der Waals surface area (Å²) in [5.74, 6) is 0. The molecule has 1 aliphatic rings. The quantitative estimate of drug-likeness (QED) is 0.804. The maximum atomic E-state index is 6.21. The molecular weight excluding hydrogens is 208 g/mol. The first kappa shape index (κ1) is 12.3. The number of benzene rings is 1. The van der Waals surface area contributed by atoms with Gasteiger partial charge in [0.15, 0.2) is 0 Å². The van der Waals surface area contributed by atoms with Crippen molar-refractivity contribution in [2.45, 2.75) is 25.8 Å². The summed E-state index contributed by atoms with van der Waals surface area (Å²) in [6.45, 7) is 5.43. The first-order chi connectivity index (χ1) is 8.24. The van der Waals surface area contributed by atoms with Gasteiger partial charge in [-0.1, -0.05) is 42.0 Å². The van der Waals surface area contributed by atoms with E-state index in [-0.39, 0.29) is 6.04 Å². The highest BCUT2D eigenvalue weighted by Crippen LogP contribution is 2.10. The van der Waals surface area contributed by atoms with Gasteiger partial charge >= 0.3 is 0 Å². The molecule has 2 N–H and O–H groups in total. The van der Waals surface area contributed by atoms with Crippen LogP contribution in [0.15, 0.2) is 42.0 Å². The van der Waals surface area contributed by atoms with Crippen molar-refractivity contribution in [3.63, 3.8) is 0 Å². The van der Waals surface area contributed by atoms with Gasteiger partial charge in [-0.25, -0.2) is 0 Å². The van der Waals surface area contributed by atoms with Crippen molar-refractivity contribution in [1.29, 1.82) is 0 Å². The van der Waals surface area contributed by atoms with Crippen molar-refractivity contribution in [3.05, 3.63) is 47.5 Å². The first-order valence-corrected chi connectivity index (χ1v) is 6.41. The Morgan fingerprint density at radius 1 is 1.29 bits per heavy atom. The molecule has 0 fully saturated rings. The minimum absolute atomic E-state index is 0.240. The van der Waals surface area contributed by atoms with Gasteiger partial charge in [0.2, 0.25) is 0 Å². The summed E-state index contributed by atoms with van der Waals surface area (Å²) in [6.07, 6.45) is 4.48.